The molecule has 2 aliphatic rings. The largest absolute Gasteiger partial charge is 0.480 e. The lowest BCUT2D eigenvalue weighted by atomic mass is 9.98. The Labute approximate surface area is 200 Å². The molecule has 4 rings (SSSR count). The number of carbonyl (C=O) groups is 3. The molecule has 7 nitrogen and oxygen atoms in total. The average molecular weight is 465 g/mol. The van der Waals surface area contributed by atoms with Crippen molar-refractivity contribution in [2.45, 2.75) is 63.5 Å². The molecule has 2 amide bonds. The Morgan fingerprint density at radius 3 is 2.35 bits per heavy atom. The highest BCUT2D eigenvalue weighted by molar-refractivity contribution is 5.85. The van der Waals surface area contributed by atoms with Crippen LogP contribution in [-0.2, 0) is 14.3 Å². The summed E-state index contributed by atoms with van der Waals surface area (Å²) in [5.41, 5.74) is 4.61. The number of carbonyl (C=O) groups excluding carboxylic acids is 2. The second kappa shape index (κ2) is 10.7. The molecule has 0 saturated carbocycles. The second-order valence-corrected chi connectivity index (χ2v) is 9.10. The van der Waals surface area contributed by atoms with Crippen LogP contribution in [0.25, 0.3) is 11.1 Å². The van der Waals surface area contributed by atoms with Crippen LogP contribution in [0.1, 0.15) is 62.5 Å². The number of amides is 2. The number of ether oxygens (including phenoxy) is 1. The Bertz CT molecular complexity index is 1010. The number of unbranched alkanes of at least 4 members (excludes halogenated alkanes) is 1. The molecule has 2 aromatic rings. The molecule has 7 heteroatoms. The van der Waals surface area contributed by atoms with Gasteiger partial charge in [0.15, 0.2) is 0 Å². The quantitative estimate of drug-likeness (QED) is 0.568. The summed E-state index contributed by atoms with van der Waals surface area (Å²) in [6.45, 7) is 2.70. The van der Waals surface area contributed by atoms with Crippen molar-refractivity contribution in [3.8, 4) is 11.1 Å². The zero-order chi connectivity index (χ0) is 24.1. The van der Waals surface area contributed by atoms with Gasteiger partial charge >= 0.3 is 12.1 Å². The number of carboxylic acid groups (broad SMARTS) is 1. The van der Waals surface area contributed by atoms with Gasteiger partial charge in [-0.1, -0.05) is 68.3 Å². The van der Waals surface area contributed by atoms with Crippen LogP contribution in [0, 0.1) is 0 Å². The number of hydrogen-bond acceptors (Lipinski definition) is 4. The molecule has 34 heavy (non-hydrogen) atoms. The third-order valence-electron chi connectivity index (χ3n) is 6.85. The van der Waals surface area contributed by atoms with Crippen LogP contribution in [0.2, 0.25) is 0 Å². The van der Waals surface area contributed by atoms with Crippen LogP contribution in [0.5, 0.6) is 0 Å². The smallest absolute Gasteiger partial charge is 0.407 e. The number of fused-ring (bicyclic) bond motifs is 3. The zero-order valence-corrected chi connectivity index (χ0v) is 19.5. The molecular formula is C27H32N2O5. The van der Waals surface area contributed by atoms with Gasteiger partial charge in [0.05, 0.1) is 0 Å². The van der Waals surface area contributed by atoms with E-state index >= 15 is 0 Å². The van der Waals surface area contributed by atoms with Crippen molar-refractivity contribution in [1.82, 2.24) is 10.2 Å². The SMILES string of the molecule is CCCCC(CC(=O)N1CCCC1C(=O)O)NC(=O)OCC1c2ccccc2-c2ccccc21. The molecule has 0 aromatic heterocycles. The number of carboxylic acids is 1. The highest BCUT2D eigenvalue weighted by atomic mass is 16.5. The molecule has 1 aliphatic heterocycles. The van der Waals surface area contributed by atoms with Gasteiger partial charge in [-0.25, -0.2) is 9.59 Å². The Kier molecular flexibility index (Phi) is 7.50. The summed E-state index contributed by atoms with van der Waals surface area (Å²) in [6, 6.07) is 15.2. The molecule has 0 spiro atoms. The van der Waals surface area contributed by atoms with Gasteiger partial charge in [-0.2, -0.15) is 0 Å². The Morgan fingerprint density at radius 1 is 1.09 bits per heavy atom. The van der Waals surface area contributed by atoms with E-state index in [1.807, 2.05) is 31.2 Å². The molecule has 0 radical (unpaired) electrons. The molecule has 180 valence electrons. The van der Waals surface area contributed by atoms with Crippen LogP contribution in [0.3, 0.4) is 0 Å². The Morgan fingerprint density at radius 2 is 1.74 bits per heavy atom. The summed E-state index contributed by atoms with van der Waals surface area (Å²) in [5.74, 6) is -1.24. The predicted octanol–water partition coefficient (Wildman–Crippen LogP) is 4.55. The van der Waals surface area contributed by atoms with E-state index < -0.39 is 24.1 Å². The molecule has 1 aliphatic carbocycles. The van der Waals surface area contributed by atoms with Crippen LogP contribution in [-0.4, -0.2) is 53.2 Å². The van der Waals surface area contributed by atoms with Crippen LogP contribution >= 0.6 is 0 Å². The molecular weight excluding hydrogens is 432 g/mol. The number of likely N-dealkylation sites (tertiary alicyclic amines) is 1. The van der Waals surface area contributed by atoms with Gasteiger partial charge in [-0.05, 0) is 41.5 Å². The summed E-state index contributed by atoms with van der Waals surface area (Å²) < 4.78 is 5.65. The zero-order valence-electron chi connectivity index (χ0n) is 19.5. The van der Waals surface area contributed by atoms with Gasteiger partial charge in [-0.3, -0.25) is 4.79 Å². The van der Waals surface area contributed by atoms with Gasteiger partial charge in [-0.15, -0.1) is 0 Å². The Balaban J connectivity index is 1.38. The number of rotatable bonds is 9. The minimum atomic E-state index is -0.972. The predicted molar refractivity (Wildman–Crippen MR) is 129 cm³/mol. The van der Waals surface area contributed by atoms with Crippen LogP contribution in [0.15, 0.2) is 48.5 Å². The summed E-state index contributed by atoms with van der Waals surface area (Å²) in [6.07, 6.45) is 3.10. The fraction of sp³-hybridized carbons (Fsp3) is 0.444. The van der Waals surface area contributed by atoms with Gasteiger partial charge in [0.1, 0.15) is 12.6 Å². The maximum Gasteiger partial charge on any atom is 0.407 e. The molecule has 1 saturated heterocycles. The van der Waals surface area contributed by atoms with Crippen molar-refractivity contribution in [2.75, 3.05) is 13.2 Å². The summed E-state index contributed by atoms with van der Waals surface area (Å²) in [4.78, 5) is 38.4. The van der Waals surface area contributed by atoms with Crippen molar-refractivity contribution >= 4 is 18.0 Å². The molecule has 2 atom stereocenters. The van der Waals surface area contributed by atoms with Crippen molar-refractivity contribution in [3.63, 3.8) is 0 Å². The average Bonchev–Trinajstić information content (AvgIpc) is 3.45. The van der Waals surface area contributed by atoms with Crippen LogP contribution in [0.4, 0.5) is 4.79 Å². The maximum absolute atomic E-state index is 12.8. The number of nitrogens with one attached hydrogen (secondary N) is 1. The van der Waals surface area contributed by atoms with Crippen LogP contribution < -0.4 is 5.32 Å². The third kappa shape index (κ3) is 5.08. The van der Waals surface area contributed by atoms with E-state index in [1.54, 1.807) is 0 Å². The standard InChI is InChI=1S/C27H32N2O5/c1-2-3-9-18(16-25(30)29-15-8-14-24(29)26(31)32)28-27(33)34-17-23-21-12-6-4-10-19(21)20-11-5-7-13-22(20)23/h4-7,10-13,18,23-24H,2-3,8-9,14-17H2,1H3,(H,28,33)(H,31,32). The number of nitrogens with zero attached hydrogens (tertiary/aromatic N) is 1. The van der Waals surface area contributed by atoms with Crippen molar-refractivity contribution < 1.29 is 24.2 Å². The topological polar surface area (TPSA) is 95.9 Å². The third-order valence-corrected chi connectivity index (χ3v) is 6.85. The van der Waals surface area contributed by atoms with Gasteiger partial charge < -0.3 is 20.1 Å². The van der Waals surface area contributed by atoms with Crippen molar-refractivity contribution in [2.24, 2.45) is 0 Å². The maximum atomic E-state index is 12.8. The molecule has 2 aromatic carbocycles. The first kappa shape index (κ1) is 23.8. The van der Waals surface area contributed by atoms with E-state index in [0.717, 1.165) is 35.1 Å². The number of benzene rings is 2. The summed E-state index contributed by atoms with van der Waals surface area (Å²) in [5, 5.41) is 12.2. The minimum absolute atomic E-state index is 0.0326. The minimum Gasteiger partial charge on any atom is -0.480 e. The molecule has 2 unspecified atom stereocenters. The fourth-order valence-electron chi connectivity index (χ4n) is 5.13. The highest BCUT2D eigenvalue weighted by Gasteiger charge is 2.35. The van der Waals surface area contributed by atoms with Crippen molar-refractivity contribution in [1.29, 1.82) is 0 Å². The van der Waals surface area contributed by atoms with Gasteiger partial charge in [0, 0.05) is 24.9 Å². The summed E-state index contributed by atoms with van der Waals surface area (Å²) in [7, 11) is 0. The van der Waals surface area contributed by atoms with E-state index in [9.17, 15) is 19.5 Å². The lowest BCUT2D eigenvalue weighted by Gasteiger charge is -2.25. The monoisotopic (exact) mass is 464 g/mol. The number of hydrogen-bond donors (Lipinski definition) is 2. The fourth-order valence-corrected chi connectivity index (χ4v) is 5.13. The lowest BCUT2D eigenvalue weighted by molar-refractivity contribution is -0.148. The van der Waals surface area contributed by atoms with E-state index in [0.29, 0.717) is 25.8 Å². The normalized spacial score (nSPS) is 17.7. The molecule has 0 bridgehead atoms. The first-order valence-electron chi connectivity index (χ1n) is 12.1. The van der Waals surface area contributed by atoms with Gasteiger partial charge in [0.25, 0.3) is 0 Å². The van der Waals surface area contributed by atoms with Gasteiger partial charge in [0.2, 0.25) is 5.91 Å². The lowest BCUT2D eigenvalue weighted by Crippen LogP contribution is -2.45. The molecule has 1 heterocycles. The number of aliphatic carboxylic acids is 1. The van der Waals surface area contributed by atoms with Crippen molar-refractivity contribution in [3.05, 3.63) is 59.7 Å². The first-order valence-corrected chi connectivity index (χ1v) is 12.1. The second-order valence-electron chi connectivity index (χ2n) is 9.10. The molecule has 1 fully saturated rings. The number of alkyl carbamates (subject to hydrolysis) is 1. The van der Waals surface area contributed by atoms with E-state index in [2.05, 4.69) is 29.6 Å². The molecule has 2 N–H and O–H groups in total. The summed E-state index contributed by atoms with van der Waals surface area (Å²) >= 11 is 0. The van der Waals surface area contributed by atoms with E-state index in [1.165, 1.54) is 4.90 Å². The van der Waals surface area contributed by atoms with E-state index in [-0.39, 0.29) is 24.9 Å². The highest BCUT2D eigenvalue weighted by Crippen LogP contribution is 2.44. The first-order chi connectivity index (χ1) is 16.5. The van der Waals surface area contributed by atoms with E-state index in [4.69, 9.17) is 4.74 Å². The Hall–Kier alpha value is -3.35.